The fraction of sp³-hybridized carbons (Fsp3) is 0.154. The zero-order chi connectivity index (χ0) is 12.3. The normalized spacial score (nSPS) is 10.2. The molecule has 86 valence electrons. The lowest BCUT2D eigenvalue weighted by Gasteiger charge is -2.06. The molecule has 0 unspecified atom stereocenters. The van der Waals surface area contributed by atoms with Crippen molar-refractivity contribution in [2.75, 3.05) is 5.73 Å². The fourth-order valence-corrected chi connectivity index (χ4v) is 1.64. The van der Waals surface area contributed by atoms with E-state index >= 15 is 0 Å². The van der Waals surface area contributed by atoms with Gasteiger partial charge < -0.3 is 5.73 Å². The van der Waals surface area contributed by atoms with E-state index in [0.29, 0.717) is 11.3 Å². The topological polar surface area (TPSA) is 68.9 Å². The van der Waals surface area contributed by atoms with Crippen molar-refractivity contribution in [3.63, 3.8) is 0 Å². The van der Waals surface area contributed by atoms with Crippen LogP contribution in [0.5, 0.6) is 0 Å². The van der Waals surface area contributed by atoms with E-state index in [4.69, 9.17) is 5.73 Å². The van der Waals surface area contributed by atoms with Crippen molar-refractivity contribution < 1.29 is 4.79 Å². The average Bonchev–Trinajstić information content (AvgIpc) is 2.32. The molecule has 2 aromatic rings. The van der Waals surface area contributed by atoms with Gasteiger partial charge in [-0.25, -0.2) is 0 Å². The largest absolute Gasteiger partial charge is 0.398 e. The van der Waals surface area contributed by atoms with Gasteiger partial charge in [-0.05, 0) is 24.6 Å². The van der Waals surface area contributed by atoms with Gasteiger partial charge in [-0.2, -0.15) is 0 Å². The molecule has 17 heavy (non-hydrogen) atoms. The summed E-state index contributed by atoms with van der Waals surface area (Å²) in [4.78, 5) is 20.0. The van der Waals surface area contributed by atoms with E-state index in [9.17, 15) is 4.79 Å². The van der Waals surface area contributed by atoms with Crippen LogP contribution in [0, 0.1) is 6.92 Å². The third kappa shape index (κ3) is 2.47. The third-order valence-corrected chi connectivity index (χ3v) is 2.61. The highest BCUT2D eigenvalue weighted by Gasteiger charge is 2.11. The Morgan fingerprint density at radius 3 is 2.65 bits per heavy atom. The molecule has 0 aliphatic heterocycles. The van der Waals surface area contributed by atoms with Crippen molar-refractivity contribution in [3.8, 4) is 0 Å². The number of nitrogen functional groups attached to an aromatic ring is 1. The zero-order valence-corrected chi connectivity index (χ0v) is 9.55. The lowest BCUT2D eigenvalue weighted by Crippen LogP contribution is -2.08. The van der Waals surface area contributed by atoms with Crippen molar-refractivity contribution in [2.24, 2.45) is 0 Å². The maximum atomic E-state index is 12.1. The van der Waals surface area contributed by atoms with Crippen LogP contribution in [0.25, 0.3) is 0 Å². The molecule has 4 heteroatoms. The van der Waals surface area contributed by atoms with Crippen molar-refractivity contribution >= 4 is 11.5 Å². The second kappa shape index (κ2) is 4.74. The summed E-state index contributed by atoms with van der Waals surface area (Å²) in [5.74, 6) is 0.0320. The monoisotopic (exact) mass is 227 g/mol. The van der Waals surface area contributed by atoms with Gasteiger partial charge in [0, 0.05) is 48.0 Å². The van der Waals surface area contributed by atoms with Crippen molar-refractivity contribution in [3.05, 3.63) is 53.6 Å². The van der Waals surface area contributed by atoms with Gasteiger partial charge in [0.2, 0.25) is 0 Å². The van der Waals surface area contributed by atoms with E-state index in [-0.39, 0.29) is 12.2 Å². The molecule has 0 saturated heterocycles. The summed E-state index contributed by atoms with van der Waals surface area (Å²) in [5.41, 5.74) is 8.69. The van der Waals surface area contributed by atoms with Gasteiger partial charge in [-0.1, -0.05) is 0 Å². The van der Waals surface area contributed by atoms with Crippen molar-refractivity contribution in [1.29, 1.82) is 0 Å². The number of carbonyl (C=O) groups excluding carboxylic acids is 1. The molecule has 0 fully saturated rings. The minimum Gasteiger partial charge on any atom is -0.398 e. The van der Waals surface area contributed by atoms with Crippen LogP contribution in [-0.4, -0.2) is 15.8 Å². The Kier molecular flexibility index (Phi) is 3.14. The molecule has 2 rings (SSSR count). The van der Waals surface area contributed by atoms with Crippen molar-refractivity contribution in [2.45, 2.75) is 13.3 Å². The number of nitrogens with zero attached hydrogens (tertiary/aromatic N) is 2. The molecular weight excluding hydrogens is 214 g/mol. The second-order valence-electron chi connectivity index (χ2n) is 3.87. The first-order chi connectivity index (χ1) is 8.18. The summed E-state index contributed by atoms with van der Waals surface area (Å²) in [7, 11) is 0. The Morgan fingerprint density at radius 1 is 1.24 bits per heavy atom. The van der Waals surface area contributed by atoms with E-state index in [1.54, 1.807) is 36.9 Å². The summed E-state index contributed by atoms with van der Waals surface area (Å²) in [6, 6.07) is 3.42. The Hall–Kier alpha value is -2.23. The molecule has 2 aromatic heterocycles. The number of carbonyl (C=O) groups is 1. The van der Waals surface area contributed by atoms with Crippen LogP contribution in [0.3, 0.4) is 0 Å². The number of aryl methyl sites for hydroxylation is 1. The Morgan fingerprint density at radius 2 is 1.94 bits per heavy atom. The SMILES string of the molecule is Cc1cnccc1C(=O)Cc1cnccc1N. The third-order valence-electron chi connectivity index (χ3n) is 2.61. The molecule has 0 amide bonds. The van der Waals surface area contributed by atoms with E-state index in [1.807, 2.05) is 6.92 Å². The number of hydrogen-bond acceptors (Lipinski definition) is 4. The first-order valence-corrected chi connectivity index (χ1v) is 5.30. The number of ketones is 1. The minimum absolute atomic E-state index is 0.0320. The first-order valence-electron chi connectivity index (χ1n) is 5.30. The Bertz CT molecular complexity index is 552. The number of hydrogen-bond donors (Lipinski definition) is 1. The molecule has 0 aromatic carbocycles. The molecule has 0 aliphatic carbocycles. The van der Waals surface area contributed by atoms with Gasteiger partial charge >= 0.3 is 0 Å². The molecule has 0 aliphatic rings. The quantitative estimate of drug-likeness (QED) is 0.812. The Balaban J connectivity index is 2.24. The summed E-state index contributed by atoms with van der Waals surface area (Å²) >= 11 is 0. The number of rotatable bonds is 3. The standard InChI is InChI=1S/C13H13N3O/c1-9-7-15-4-2-11(9)13(17)6-10-8-16-5-3-12(10)14/h2-5,7-8H,6H2,1H3,(H2,14,16). The smallest absolute Gasteiger partial charge is 0.167 e. The molecule has 0 saturated carbocycles. The van der Waals surface area contributed by atoms with Crippen molar-refractivity contribution in [1.82, 2.24) is 9.97 Å². The molecular formula is C13H13N3O. The lowest BCUT2D eigenvalue weighted by molar-refractivity contribution is 0.0992. The summed E-state index contributed by atoms with van der Waals surface area (Å²) in [5, 5.41) is 0. The highest BCUT2D eigenvalue weighted by Crippen LogP contribution is 2.14. The number of Topliss-reactive ketones (excluding diaryl/α,β-unsaturated/α-hetero) is 1. The maximum absolute atomic E-state index is 12.1. The highest BCUT2D eigenvalue weighted by molar-refractivity contribution is 5.99. The number of aromatic nitrogens is 2. The molecule has 0 spiro atoms. The molecule has 4 nitrogen and oxygen atoms in total. The zero-order valence-electron chi connectivity index (χ0n) is 9.55. The fourth-order valence-electron chi connectivity index (χ4n) is 1.64. The predicted molar refractivity (Wildman–Crippen MR) is 65.7 cm³/mol. The average molecular weight is 227 g/mol. The molecule has 2 N–H and O–H groups in total. The van der Waals surface area contributed by atoms with Crippen LogP contribution < -0.4 is 5.73 Å². The summed E-state index contributed by atoms with van der Waals surface area (Å²) in [6.07, 6.45) is 6.81. The van der Waals surface area contributed by atoms with Gasteiger partial charge in [0.15, 0.2) is 5.78 Å². The Labute approximate surface area is 99.5 Å². The summed E-state index contributed by atoms with van der Waals surface area (Å²) in [6.45, 7) is 1.87. The second-order valence-corrected chi connectivity index (χ2v) is 3.87. The van der Waals surface area contributed by atoms with Crippen LogP contribution in [0.4, 0.5) is 5.69 Å². The number of pyridine rings is 2. The molecule has 2 heterocycles. The van der Waals surface area contributed by atoms with Crippen LogP contribution in [0.2, 0.25) is 0 Å². The highest BCUT2D eigenvalue weighted by atomic mass is 16.1. The van der Waals surface area contributed by atoms with Gasteiger partial charge in [0.25, 0.3) is 0 Å². The van der Waals surface area contributed by atoms with Crippen LogP contribution in [0.1, 0.15) is 21.5 Å². The minimum atomic E-state index is 0.0320. The van der Waals surface area contributed by atoms with Crippen LogP contribution in [0.15, 0.2) is 36.9 Å². The molecule has 0 radical (unpaired) electrons. The predicted octanol–water partition coefficient (Wildman–Crippen LogP) is 1.79. The number of nitrogens with two attached hydrogens (primary N) is 1. The first kappa shape index (κ1) is 11.3. The lowest BCUT2D eigenvalue weighted by atomic mass is 10.0. The van der Waals surface area contributed by atoms with E-state index in [1.165, 1.54) is 0 Å². The van der Waals surface area contributed by atoms with E-state index in [2.05, 4.69) is 9.97 Å². The van der Waals surface area contributed by atoms with Gasteiger partial charge in [-0.3, -0.25) is 14.8 Å². The van der Waals surface area contributed by atoms with E-state index in [0.717, 1.165) is 11.1 Å². The van der Waals surface area contributed by atoms with Crippen LogP contribution in [-0.2, 0) is 6.42 Å². The van der Waals surface area contributed by atoms with E-state index < -0.39 is 0 Å². The number of anilines is 1. The van der Waals surface area contributed by atoms with Gasteiger partial charge in [0.1, 0.15) is 0 Å². The maximum Gasteiger partial charge on any atom is 0.167 e. The van der Waals surface area contributed by atoms with Gasteiger partial charge in [0.05, 0.1) is 0 Å². The molecule has 0 atom stereocenters. The van der Waals surface area contributed by atoms with Crippen LogP contribution >= 0.6 is 0 Å². The van der Waals surface area contributed by atoms with Gasteiger partial charge in [-0.15, -0.1) is 0 Å². The summed E-state index contributed by atoms with van der Waals surface area (Å²) < 4.78 is 0. The molecule has 0 bridgehead atoms.